The fraction of sp³-hybridized carbons (Fsp3) is 0.250. The first-order valence-corrected chi connectivity index (χ1v) is 8.30. The minimum absolute atomic E-state index is 0.0878. The minimum Gasteiger partial charge on any atom is -0.482 e. The van der Waals surface area contributed by atoms with Crippen molar-refractivity contribution in [2.75, 3.05) is 13.7 Å². The van der Waals surface area contributed by atoms with Crippen LogP contribution in [-0.4, -0.2) is 49.8 Å². The minimum atomic E-state index is -0.166. The molecule has 3 rings (SSSR count). The van der Waals surface area contributed by atoms with E-state index in [1.165, 1.54) is 11.9 Å². The van der Waals surface area contributed by atoms with Crippen LogP contribution in [0.2, 0.25) is 0 Å². The highest BCUT2D eigenvalue weighted by Gasteiger charge is 2.25. The SMILES string of the molecule is COc1[nH]c(-c2nnn(CCO)n2)c(C)c1C(=O)c1cccc(Br)c1. The van der Waals surface area contributed by atoms with Crippen LogP contribution in [0.15, 0.2) is 28.7 Å². The number of carbonyl (C=O) groups is 1. The largest absolute Gasteiger partial charge is 0.482 e. The number of aromatic nitrogens is 5. The lowest BCUT2D eigenvalue weighted by molar-refractivity contribution is 0.103. The summed E-state index contributed by atoms with van der Waals surface area (Å²) in [5, 5.41) is 21.0. The maximum atomic E-state index is 12.9. The maximum Gasteiger partial charge on any atom is 0.221 e. The van der Waals surface area contributed by atoms with Crippen molar-refractivity contribution in [3.8, 4) is 17.4 Å². The lowest BCUT2D eigenvalue weighted by Gasteiger charge is -2.04. The first-order chi connectivity index (χ1) is 12.0. The van der Waals surface area contributed by atoms with Crippen LogP contribution in [0, 0.1) is 6.92 Å². The second kappa shape index (κ2) is 7.16. The van der Waals surface area contributed by atoms with E-state index in [2.05, 4.69) is 36.3 Å². The van der Waals surface area contributed by atoms with Crippen LogP contribution in [-0.2, 0) is 6.54 Å². The zero-order valence-corrected chi connectivity index (χ0v) is 15.2. The van der Waals surface area contributed by atoms with Gasteiger partial charge in [-0.2, -0.15) is 4.80 Å². The van der Waals surface area contributed by atoms with Gasteiger partial charge in [0.2, 0.25) is 11.7 Å². The summed E-state index contributed by atoms with van der Waals surface area (Å²) < 4.78 is 6.16. The van der Waals surface area contributed by atoms with E-state index in [9.17, 15) is 4.79 Å². The molecule has 0 aliphatic carbocycles. The lowest BCUT2D eigenvalue weighted by atomic mass is 10.0. The van der Waals surface area contributed by atoms with E-state index in [-0.39, 0.29) is 18.9 Å². The van der Waals surface area contributed by atoms with Crippen LogP contribution < -0.4 is 4.74 Å². The van der Waals surface area contributed by atoms with Crippen LogP contribution in [0.3, 0.4) is 0 Å². The summed E-state index contributed by atoms with van der Waals surface area (Å²) in [4.78, 5) is 17.3. The summed E-state index contributed by atoms with van der Waals surface area (Å²) in [5.74, 6) is 0.509. The number of hydrogen-bond donors (Lipinski definition) is 2. The molecule has 0 unspecified atom stereocenters. The highest BCUT2D eigenvalue weighted by molar-refractivity contribution is 9.10. The molecule has 0 bridgehead atoms. The number of carbonyl (C=O) groups excluding carboxylic acids is 1. The Bertz CT molecular complexity index is 918. The van der Waals surface area contributed by atoms with Crippen LogP contribution in [0.25, 0.3) is 11.5 Å². The van der Waals surface area contributed by atoms with Gasteiger partial charge in [0.1, 0.15) is 0 Å². The molecule has 0 radical (unpaired) electrons. The fourth-order valence-corrected chi connectivity index (χ4v) is 2.92. The molecule has 0 saturated carbocycles. The van der Waals surface area contributed by atoms with Crippen molar-refractivity contribution in [3.63, 3.8) is 0 Å². The predicted molar refractivity (Wildman–Crippen MR) is 93.6 cm³/mol. The van der Waals surface area contributed by atoms with Crippen molar-refractivity contribution in [1.82, 2.24) is 25.2 Å². The molecule has 25 heavy (non-hydrogen) atoms. The number of ketones is 1. The zero-order valence-electron chi connectivity index (χ0n) is 13.7. The Balaban J connectivity index is 2.05. The number of rotatable bonds is 6. The summed E-state index contributed by atoms with van der Waals surface area (Å²) in [6.45, 7) is 1.95. The van der Waals surface area contributed by atoms with Gasteiger partial charge < -0.3 is 14.8 Å². The van der Waals surface area contributed by atoms with E-state index in [0.29, 0.717) is 34.1 Å². The van der Waals surface area contributed by atoms with Crippen molar-refractivity contribution < 1.29 is 14.6 Å². The van der Waals surface area contributed by atoms with E-state index in [4.69, 9.17) is 9.84 Å². The summed E-state index contributed by atoms with van der Waals surface area (Å²) in [7, 11) is 1.49. The molecular formula is C16H16BrN5O3. The van der Waals surface area contributed by atoms with Gasteiger partial charge in [-0.3, -0.25) is 4.79 Å². The van der Waals surface area contributed by atoms with Gasteiger partial charge in [-0.25, -0.2) is 0 Å². The van der Waals surface area contributed by atoms with Gasteiger partial charge in [0.15, 0.2) is 5.78 Å². The first kappa shape index (κ1) is 17.3. The van der Waals surface area contributed by atoms with Crippen molar-refractivity contribution in [2.45, 2.75) is 13.5 Å². The molecule has 0 aliphatic rings. The molecule has 3 aromatic rings. The third-order valence-electron chi connectivity index (χ3n) is 3.71. The summed E-state index contributed by atoms with van der Waals surface area (Å²) in [6, 6.07) is 7.15. The average Bonchev–Trinajstić information content (AvgIpc) is 3.18. The Morgan fingerprint density at radius 3 is 2.92 bits per heavy atom. The Kier molecular flexibility index (Phi) is 4.95. The number of tetrazole rings is 1. The monoisotopic (exact) mass is 405 g/mol. The summed E-state index contributed by atoms with van der Waals surface area (Å²) in [5.41, 5.74) is 2.19. The normalized spacial score (nSPS) is 10.9. The molecule has 0 fully saturated rings. The Hall–Kier alpha value is -2.52. The number of nitrogens with zero attached hydrogens (tertiary/aromatic N) is 4. The zero-order chi connectivity index (χ0) is 18.0. The molecule has 0 spiro atoms. The standard InChI is InChI=1S/C16H16BrN5O3/c1-9-12(14(24)10-4-3-5-11(17)8-10)16(25-2)18-13(9)15-19-21-22(20-15)6-7-23/h3-5,8,18,23H,6-7H2,1-2H3. The molecular weight excluding hydrogens is 390 g/mol. The number of ether oxygens (including phenoxy) is 1. The molecule has 9 heteroatoms. The van der Waals surface area contributed by atoms with Gasteiger partial charge in [0.05, 0.1) is 31.5 Å². The van der Waals surface area contributed by atoms with Gasteiger partial charge in [0, 0.05) is 10.0 Å². The Morgan fingerprint density at radius 2 is 2.24 bits per heavy atom. The van der Waals surface area contributed by atoms with Crippen LogP contribution >= 0.6 is 15.9 Å². The van der Waals surface area contributed by atoms with Gasteiger partial charge >= 0.3 is 0 Å². The van der Waals surface area contributed by atoms with E-state index >= 15 is 0 Å². The summed E-state index contributed by atoms with van der Waals surface area (Å²) in [6.07, 6.45) is 0. The first-order valence-electron chi connectivity index (χ1n) is 7.51. The quantitative estimate of drug-likeness (QED) is 0.607. The molecule has 0 amide bonds. The van der Waals surface area contributed by atoms with Crippen molar-refractivity contribution in [2.24, 2.45) is 0 Å². The molecule has 8 nitrogen and oxygen atoms in total. The van der Waals surface area contributed by atoms with Gasteiger partial charge in [-0.15, -0.1) is 10.2 Å². The number of benzene rings is 1. The van der Waals surface area contributed by atoms with E-state index in [1.807, 2.05) is 6.07 Å². The van der Waals surface area contributed by atoms with E-state index < -0.39 is 0 Å². The van der Waals surface area contributed by atoms with Crippen molar-refractivity contribution in [3.05, 3.63) is 45.4 Å². The van der Waals surface area contributed by atoms with Crippen LogP contribution in [0.5, 0.6) is 5.88 Å². The van der Waals surface area contributed by atoms with E-state index in [1.54, 1.807) is 25.1 Å². The second-order valence-electron chi connectivity index (χ2n) is 5.31. The molecule has 0 atom stereocenters. The molecule has 2 heterocycles. The maximum absolute atomic E-state index is 12.9. The number of aromatic amines is 1. The van der Waals surface area contributed by atoms with Crippen LogP contribution in [0.1, 0.15) is 21.5 Å². The number of methoxy groups -OCH3 is 1. The molecule has 1 aromatic carbocycles. The van der Waals surface area contributed by atoms with Crippen LogP contribution in [0.4, 0.5) is 0 Å². The number of aliphatic hydroxyl groups is 1. The number of aliphatic hydroxyl groups excluding tert-OH is 1. The Morgan fingerprint density at radius 1 is 1.44 bits per heavy atom. The summed E-state index contributed by atoms with van der Waals surface area (Å²) >= 11 is 3.37. The lowest BCUT2D eigenvalue weighted by Crippen LogP contribution is -2.05. The number of hydrogen-bond acceptors (Lipinski definition) is 6. The number of nitrogens with one attached hydrogen (secondary N) is 1. The second-order valence-corrected chi connectivity index (χ2v) is 6.22. The molecule has 2 aromatic heterocycles. The van der Waals surface area contributed by atoms with Gasteiger partial charge in [-0.05, 0) is 29.8 Å². The smallest absolute Gasteiger partial charge is 0.221 e. The van der Waals surface area contributed by atoms with Gasteiger partial charge in [0.25, 0.3) is 0 Å². The van der Waals surface area contributed by atoms with E-state index in [0.717, 1.165) is 4.47 Å². The number of H-pyrrole nitrogens is 1. The fourth-order valence-electron chi connectivity index (χ4n) is 2.52. The topological polar surface area (TPSA) is 106 Å². The van der Waals surface area contributed by atoms with Gasteiger partial charge in [-0.1, -0.05) is 28.1 Å². The number of halogens is 1. The third kappa shape index (κ3) is 3.33. The predicted octanol–water partition coefficient (Wildman–Crippen LogP) is 1.97. The third-order valence-corrected chi connectivity index (χ3v) is 4.20. The molecule has 0 saturated heterocycles. The van der Waals surface area contributed by atoms with Crippen molar-refractivity contribution in [1.29, 1.82) is 0 Å². The van der Waals surface area contributed by atoms with Crippen molar-refractivity contribution >= 4 is 21.7 Å². The molecule has 130 valence electrons. The highest BCUT2D eigenvalue weighted by Crippen LogP contribution is 2.32. The molecule has 2 N–H and O–H groups in total. The molecule has 0 aliphatic heterocycles. The highest BCUT2D eigenvalue weighted by atomic mass is 79.9. The average molecular weight is 406 g/mol. The Labute approximate surface area is 151 Å².